The third kappa shape index (κ3) is 3.07. The van der Waals surface area contributed by atoms with Gasteiger partial charge in [-0.15, -0.1) is 0 Å². The van der Waals surface area contributed by atoms with E-state index in [9.17, 15) is 4.39 Å². The summed E-state index contributed by atoms with van der Waals surface area (Å²) in [5.74, 6) is 0.854. The molecule has 2 heterocycles. The highest BCUT2D eigenvalue weighted by molar-refractivity contribution is 9.10. The number of nitrogen functional groups attached to an aromatic ring is 1. The largest absolute Gasteiger partial charge is 0.383 e. The van der Waals surface area contributed by atoms with Crippen molar-refractivity contribution in [3.8, 4) is 0 Å². The van der Waals surface area contributed by atoms with E-state index in [1.807, 2.05) is 11.0 Å². The fourth-order valence-electron chi connectivity index (χ4n) is 2.42. The lowest BCUT2D eigenvalue weighted by molar-refractivity contribution is 0.594. The van der Waals surface area contributed by atoms with Crippen molar-refractivity contribution in [1.82, 2.24) is 9.97 Å². The first-order valence-corrected chi connectivity index (χ1v) is 7.47. The molecular weight excluding hydrogens is 337 g/mol. The number of anilines is 3. The number of nitrogens with two attached hydrogens (primary N) is 1. The Labute approximate surface area is 130 Å². The molecule has 1 aliphatic heterocycles. The number of hydrogen-bond donors (Lipinski definition) is 1. The second-order valence-corrected chi connectivity index (χ2v) is 5.65. The van der Waals surface area contributed by atoms with Crippen LogP contribution >= 0.6 is 15.9 Å². The Hall–Kier alpha value is -1.89. The van der Waals surface area contributed by atoms with Crippen molar-refractivity contribution in [3.63, 3.8) is 0 Å². The van der Waals surface area contributed by atoms with Crippen molar-refractivity contribution in [3.05, 3.63) is 40.8 Å². The van der Waals surface area contributed by atoms with Gasteiger partial charge in [0.25, 0.3) is 0 Å². The van der Waals surface area contributed by atoms with Crippen LogP contribution in [0.2, 0.25) is 0 Å². The highest BCUT2D eigenvalue weighted by Gasteiger charge is 2.21. The zero-order chi connectivity index (χ0) is 14.8. The molecule has 110 valence electrons. The lowest BCUT2D eigenvalue weighted by Crippen LogP contribution is -2.47. The Morgan fingerprint density at radius 1 is 1.05 bits per heavy atom. The Balaban J connectivity index is 1.72. The van der Waals surface area contributed by atoms with E-state index >= 15 is 0 Å². The molecule has 0 atom stereocenters. The maximum Gasteiger partial charge on any atom is 0.228 e. The molecule has 3 rings (SSSR count). The van der Waals surface area contributed by atoms with Gasteiger partial charge in [-0.25, -0.2) is 9.37 Å². The fraction of sp³-hybridized carbons (Fsp3) is 0.286. The van der Waals surface area contributed by atoms with Gasteiger partial charge in [0, 0.05) is 32.2 Å². The molecule has 1 aromatic heterocycles. The third-order valence-corrected chi connectivity index (χ3v) is 3.86. The van der Waals surface area contributed by atoms with E-state index in [2.05, 4.69) is 30.8 Å². The van der Waals surface area contributed by atoms with Gasteiger partial charge in [0.05, 0.1) is 5.69 Å². The number of para-hydroxylation sites is 1. The number of halogens is 2. The molecular formula is C14H15BrFN5. The van der Waals surface area contributed by atoms with E-state index in [4.69, 9.17) is 5.73 Å². The quantitative estimate of drug-likeness (QED) is 0.841. The minimum absolute atomic E-state index is 0.186. The maximum absolute atomic E-state index is 13.8. The van der Waals surface area contributed by atoms with Crippen molar-refractivity contribution >= 4 is 33.4 Å². The van der Waals surface area contributed by atoms with Crippen molar-refractivity contribution < 1.29 is 4.39 Å². The van der Waals surface area contributed by atoms with Crippen LogP contribution in [0.1, 0.15) is 0 Å². The van der Waals surface area contributed by atoms with Crippen LogP contribution in [-0.2, 0) is 0 Å². The average Bonchev–Trinajstić information content (AvgIpc) is 2.47. The van der Waals surface area contributed by atoms with Crippen LogP contribution in [-0.4, -0.2) is 36.1 Å². The Morgan fingerprint density at radius 2 is 1.71 bits per heavy atom. The maximum atomic E-state index is 13.8. The Kier molecular flexibility index (Phi) is 3.92. The van der Waals surface area contributed by atoms with Gasteiger partial charge >= 0.3 is 0 Å². The number of nitrogens with zero attached hydrogens (tertiary/aromatic N) is 4. The van der Waals surface area contributed by atoms with Crippen LogP contribution in [0.25, 0.3) is 0 Å². The predicted octanol–water partition coefficient (Wildman–Crippen LogP) is 2.29. The fourth-order valence-corrected chi connectivity index (χ4v) is 2.81. The smallest absolute Gasteiger partial charge is 0.228 e. The summed E-state index contributed by atoms with van der Waals surface area (Å²) in [7, 11) is 0. The van der Waals surface area contributed by atoms with Crippen molar-refractivity contribution in [2.75, 3.05) is 41.7 Å². The van der Waals surface area contributed by atoms with Crippen LogP contribution in [0.3, 0.4) is 0 Å². The van der Waals surface area contributed by atoms with E-state index in [1.54, 1.807) is 18.2 Å². The van der Waals surface area contributed by atoms with Crippen LogP contribution in [0.5, 0.6) is 0 Å². The molecule has 1 aliphatic rings. The second-order valence-electron chi connectivity index (χ2n) is 4.84. The highest BCUT2D eigenvalue weighted by Crippen LogP contribution is 2.22. The van der Waals surface area contributed by atoms with Gasteiger partial charge in [-0.3, -0.25) is 0 Å². The first kappa shape index (κ1) is 14.1. The molecule has 0 radical (unpaired) electrons. The van der Waals surface area contributed by atoms with Gasteiger partial charge in [-0.1, -0.05) is 12.1 Å². The molecule has 1 fully saturated rings. The zero-order valence-corrected chi connectivity index (χ0v) is 12.9. The molecule has 21 heavy (non-hydrogen) atoms. The minimum atomic E-state index is -0.186. The zero-order valence-electron chi connectivity index (χ0n) is 11.3. The monoisotopic (exact) mass is 351 g/mol. The molecule has 0 bridgehead atoms. The van der Waals surface area contributed by atoms with Crippen molar-refractivity contribution in [1.29, 1.82) is 0 Å². The van der Waals surface area contributed by atoms with Gasteiger partial charge < -0.3 is 15.5 Å². The first-order chi connectivity index (χ1) is 10.1. The summed E-state index contributed by atoms with van der Waals surface area (Å²) in [4.78, 5) is 12.7. The lowest BCUT2D eigenvalue weighted by Gasteiger charge is -2.36. The van der Waals surface area contributed by atoms with E-state index in [-0.39, 0.29) is 5.82 Å². The molecule has 2 aromatic rings. The number of rotatable bonds is 2. The number of aromatic nitrogens is 2. The van der Waals surface area contributed by atoms with E-state index in [0.717, 1.165) is 26.2 Å². The van der Waals surface area contributed by atoms with Crippen molar-refractivity contribution in [2.24, 2.45) is 0 Å². The molecule has 7 heteroatoms. The first-order valence-electron chi connectivity index (χ1n) is 6.68. The van der Waals surface area contributed by atoms with Crippen LogP contribution in [0.4, 0.5) is 21.8 Å². The Bertz CT molecular complexity index is 623. The summed E-state index contributed by atoms with van der Waals surface area (Å²) in [5.41, 5.74) is 6.38. The van der Waals surface area contributed by atoms with Crippen LogP contribution in [0, 0.1) is 5.82 Å². The molecule has 0 aliphatic carbocycles. The van der Waals surface area contributed by atoms with E-state index in [0.29, 0.717) is 22.1 Å². The highest BCUT2D eigenvalue weighted by atomic mass is 79.9. The van der Waals surface area contributed by atoms with Crippen LogP contribution < -0.4 is 15.5 Å². The molecule has 0 saturated carbocycles. The van der Waals surface area contributed by atoms with E-state index < -0.39 is 0 Å². The summed E-state index contributed by atoms with van der Waals surface area (Å²) in [6, 6.07) is 8.51. The van der Waals surface area contributed by atoms with Gasteiger partial charge in [0.1, 0.15) is 16.2 Å². The molecule has 5 nitrogen and oxygen atoms in total. The summed E-state index contributed by atoms with van der Waals surface area (Å²) in [5, 5.41) is 0. The van der Waals surface area contributed by atoms with Crippen molar-refractivity contribution in [2.45, 2.75) is 0 Å². The summed E-state index contributed by atoms with van der Waals surface area (Å²) >= 11 is 3.32. The third-order valence-electron chi connectivity index (χ3n) is 3.46. The molecule has 1 saturated heterocycles. The van der Waals surface area contributed by atoms with E-state index in [1.165, 1.54) is 6.07 Å². The molecule has 0 unspecified atom stereocenters. The summed E-state index contributed by atoms with van der Waals surface area (Å²) in [6.07, 6.45) is 0. The minimum Gasteiger partial charge on any atom is -0.383 e. The second kappa shape index (κ2) is 5.85. The summed E-state index contributed by atoms with van der Waals surface area (Å²) < 4.78 is 14.5. The summed E-state index contributed by atoms with van der Waals surface area (Å²) in [6.45, 7) is 2.89. The van der Waals surface area contributed by atoms with Gasteiger partial charge in [-0.05, 0) is 28.1 Å². The van der Waals surface area contributed by atoms with Gasteiger partial charge in [0.15, 0.2) is 0 Å². The predicted molar refractivity (Wildman–Crippen MR) is 85.0 cm³/mol. The number of hydrogen-bond acceptors (Lipinski definition) is 5. The number of piperazine rings is 1. The molecule has 0 spiro atoms. The van der Waals surface area contributed by atoms with Gasteiger partial charge in [-0.2, -0.15) is 4.98 Å². The Morgan fingerprint density at radius 3 is 2.38 bits per heavy atom. The standard InChI is InChI=1S/C14H15BrFN5/c15-12-9-13(17)19-14(18-12)21-7-5-20(6-8-21)11-4-2-1-3-10(11)16/h1-4,9H,5-8H2,(H2,17,18,19). The average molecular weight is 352 g/mol. The molecule has 0 amide bonds. The molecule has 2 N–H and O–H groups in total. The van der Waals surface area contributed by atoms with Crippen LogP contribution in [0.15, 0.2) is 34.9 Å². The normalized spacial score (nSPS) is 15.3. The lowest BCUT2D eigenvalue weighted by atomic mass is 10.2. The van der Waals surface area contributed by atoms with Gasteiger partial charge in [0.2, 0.25) is 5.95 Å². The SMILES string of the molecule is Nc1cc(Br)nc(N2CCN(c3ccccc3F)CC2)n1. The topological polar surface area (TPSA) is 58.3 Å². The molecule has 1 aromatic carbocycles. The number of benzene rings is 1.